The van der Waals surface area contributed by atoms with E-state index in [-0.39, 0.29) is 5.92 Å². The standard InChI is InChI=1S/C29H21BrN6O2/c1-17-23-24(18-12-14-20(37-2)15-13-18)25-27-32-26(21-10-6-7-11-22(21)30)34-35(27)16-31-28(25)38-29(23)36(33-17)19-8-4-3-5-9-19/h3-16,24H,1-2H3/t24-/m1/s1. The van der Waals surface area contributed by atoms with Crippen molar-refractivity contribution in [3.8, 4) is 34.6 Å². The Balaban J connectivity index is 1.49. The highest BCUT2D eigenvalue weighted by molar-refractivity contribution is 9.10. The molecule has 0 saturated heterocycles. The average molecular weight is 565 g/mol. The second-order valence-electron chi connectivity index (χ2n) is 9.01. The number of ether oxygens (including phenoxy) is 2. The maximum Gasteiger partial charge on any atom is 0.230 e. The van der Waals surface area contributed by atoms with Crippen LogP contribution in [0.3, 0.4) is 0 Å². The fourth-order valence-electron chi connectivity index (χ4n) is 5.01. The van der Waals surface area contributed by atoms with Gasteiger partial charge < -0.3 is 9.47 Å². The fourth-order valence-corrected chi connectivity index (χ4v) is 5.47. The van der Waals surface area contributed by atoms with Gasteiger partial charge in [-0.3, -0.25) is 0 Å². The number of methoxy groups -OCH3 is 1. The molecule has 3 aromatic heterocycles. The third-order valence-electron chi connectivity index (χ3n) is 6.78. The lowest BCUT2D eigenvalue weighted by Gasteiger charge is -2.26. The van der Waals surface area contributed by atoms with Crippen molar-refractivity contribution in [3.63, 3.8) is 0 Å². The van der Waals surface area contributed by atoms with Gasteiger partial charge in [-0.25, -0.2) is 19.2 Å². The van der Waals surface area contributed by atoms with Gasteiger partial charge in [0.1, 0.15) is 12.1 Å². The predicted molar refractivity (Wildman–Crippen MR) is 146 cm³/mol. The summed E-state index contributed by atoms with van der Waals surface area (Å²) in [5.74, 6) is 2.28. The Kier molecular flexibility index (Phi) is 5.26. The third kappa shape index (κ3) is 3.50. The molecule has 0 spiro atoms. The Morgan fingerprint density at radius 2 is 1.66 bits per heavy atom. The Hall–Kier alpha value is -4.50. The molecule has 0 amide bonds. The smallest absolute Gasteiger partial charge is 0.230 e. The van der Waals surface area contributed by atoms with E-state index in [0.29, 0.717) is 23.2 Å². The Morgan fingerprint density at radius 1 is 0.895 bits per heavy atom. The van der Waals surface area contributed by atoms with Gasteiger partial charge >= 0.3 is 0 Å². The zero-order valence-corrected chi connectivity index (χ0v) is 22.1. The summed E-state index contributed by atoms with van der Waals surface area (Å²) in [7, 11) is 1.66. The first-order chi connectivity index (χ1) is 18.6. The van der Waals surface area contributed by atoms with Crippen molar-refractivity contribution in [2.75, 3.05) is 7.11 Å². The molecule has 3 aromatic carbocycles. The van der Waals surface area contributed by atoms with Gasteiger partial charge in [-0.1, -0.05) is 58.4 Å². The first kappa shape index (κ1) is 22.7. The van der Waals surface area contributed by atoms with Crippen molar-refractivity contribution in [3.05, 3.63) is 112 Å². The minimum atomic E-state index is -0.232. The quantitative estimate of drug-likeness (QED) is 0.248. The van der Waals surface area contributed by atoms with Gasteiger partial charge in [-0.15, -0.1) is 5.10 Å². The number of fused-ring (bicyclic) bond motifs is 4. The molecule has 0 fully saturated rings. The summed E-state index contributed by atoms with van der Waals surface area (Å²) in [6.07, 6.45) is 1.65. The van der Waals surface area contributed by atoms with Gasteiger partial charge in [0.15, 0.2) is 11.5 Å². The predicted octanol–water partition coefficient (Wildman–Crippen LogP) is 6.34. The molecule has 0 bridgehead atoms. The molecule has 1 atom stereocenters. The maximum absolute atomic E-state index is 6.50. The lowest BCUT2D eigenvalue weighted by molar-refractivity contribution is 0.402. The second-order valence-corrected chi connectivity index (χ2v) is 9.86. The zero-order chi connectivity index (χ0) is 25.8. The van der Waals surface area contributed by atoms with Crippen molar-refractivity contribution < 1.29 is 9.47 Å². The number of hydrogen-bond acceptors (Lipinski definition) is 6. The van der Waals surface area contributed by atoms with E-state index >= 15 is 0 Å². The van der Waals surface area contributed by atoms with E-state index in [1.54, 1.807) is 18.0 Å². The van der Waals surface area contributed by atoms with Crippen LogP contribution in [0.4, 0.5) is 0 Å². The largest absolute Gasteiger partial charge is 0.497 e. The fraction of sp³-hybridized carbons (Fsp3) is 0.103. The number of aromatic nitrogens is 6. The normalized spacial score (nSPS) is 14.1. The van der Waals surface area contributed by atoms with E-state index in [2.05, 4.69) is 33.0 Å². The van der Waals surface area contributed by atoms with Crippen LogP contribution in [0.5, 0.6) is 17.5 Å². The minimum absolute atomic E-state index is 0.232. The number of aryl methyl sites for hydroxylation is 1. The summed E-state index contributed by atoms with van der Waals surface area (Å²) < 4.78 is 16.4. The summed E-state index contributed by atoms with van der Waals surface area (Å²) in [5, 5.41) is 9.64. The zero-order valence-electron chi connectivity index (χ0n) is 20.5. The molecule has 0 saturated carbocycles. The summed E-state index contributed by atoms with van der Waals surface area (Å²) >= 11 is 3.63. The summed E-state index contributed by atoms with van der Waals surface area (Å²) in [4.78, 5) is 9.67. The molecule has 7 rings (SSSR count). The molecular formula is C29H21BrN6O2. The maximum atomic E-state index is 6.50. The van der Waals surface area contributed by atoms with Crippen molar-refractivity contribution in [2.24, 2.45) is 0 Å². The first-order valence-corrected chi connectivity index (χ1v) is 12.9. The summed E-state index contributed by atoms with van der Waals surface area (Å²) in [6, 6.07) is 25.9. The van der Waals surface area contributed by atoms with Crippen LogP contribution in [0.2, 0.25) is 0 Å². The molecule has 6 aromatic rings. The lowest BCUT2D eigenvalue weighted by atomic mass is 9.84. The number of hydrogen-bond donors (Lipinski definition) is 0. The van der Waals surface area contributed by atoms with Crippen LogP contribution < -0.4 is 9.47 Å². The molecule has 1 aliphatic heterocycles. The number of halogens is 1. The van der Waals surface area contributed by atoms with Crippen molar-refractivity contribution >= 4 is 21.6 Å². The summed E-state index contributed by atoms with van der Waals surface area (Å²) in [6.45, 7) is 2.01. The van der Waals surface area contributed by atoms with Gasteiger partial charge in [0.25, 0.3) is 0 Å². The number of benzene rings is 3. The van der Waals surface area contributed by atoms with Crippen molar-refractivity contribution in [2.45, 2.75) is 12.8 Å². The number of nitrogens with zero attached hydrogens (tertiary/aromatic N) is 6. The second kappa shape index (κ2) is 8.81. The van der Waals surface area contributed by atoms with Crippen LogP contribution in [-0.2, 0) is 0 Å². The Bertz CT molecular complexity index is 1810. The minimum Gasteiger partial charge on any atom is -0.497 e. The van der Waals surface area contributed by atoms with Crippen LogP contribution in [0.1, 0.15) is 28.3 Å². The van der Waals surface area contributed by atoms with Gasteiger partial charge in [-0.05, 0) is 48.9 Å². The Labute approximate surface area is 226 Å². The van der Waals surface area contributed by atoms with E-state index in [1.165, 1.54) is 0 Å². The number of para-hydroxylation sites is 1. The molecule has 0 unspecified atom stereocenters. The van der Waals surface area contributed by atoms with Gasteiger partial charge in [0, 0.05) is 10.0 Å². The Morgan fingerprint density at radius 3 is 2.42 bits per heavy atom. The van der Waals surface area contributed by atoms with Crippen molar-refractivity contribution in [1.82, 2.24) is 29.4 Å². The van der Waals surface area contributed by atoms with Crippen LogP contribution in [-0.4, -0.2) is 36.5 Å². The van der Waals surface area contributed by atoms with Gasteiger partial charge in [0.2, 0.25) is 11.8 Å². The van der Waals surface area contributed by atoms with Crippen LogP contribution in [0.25, 0.3) is 22.7 Å². The molecule has 186 valence electrons. The highest BCUT2D eigenvalue weighted by atomic mass is 79.9. The van der Waals surface area contributed by atoms with Crippen LogP contribution >= 0.6 is 15.9 Å². The van der Waals surface area contributed by atoms with E-state index in [4.69, 9.17) is 24.7 Å². The monoisotopic (exact) mass is 564 g/mol. The molecule has 8 nitrogen and oxygen atoms in total. The highest BCUT2D eigenvalue weighted by Crippen LogP contribution is 2.50. The van der Waals surface area contributed by atoms with E-state index in [1.807, 2.05) is 78.3 Å². The molecule has 4 heterocycles. The molecule has 0 aliphatic carbocycles. The topological polar surface area (TPSA) is 79.4 Å². The highest BCUT2D eigenvalue weighted by Gasteiger charge is 2.38. The summed E-state index contributed by atoms with van der Waals surface area (Å²) in [5.41, 5.74) is 6.21. The van der Waals surface area contributed by atoms with E-state index in [9.17, 15) is 0 Å². The third-order valence-corrected chi connectivity index (χ3v) is 7.48. The van der Waals surface area contributed by atoms with Crippen LogP contribution in [0.15, 0.2) is 89.7 Å². The van der Waals surface area contributed by atoms with Crippen molar-refractivity contribution in [1.29, 1.82) is 0 Å². The van der Waals surface area contributed by atoms with E-state index < -0.39 is 0 Å². The van der Waals surface area contributed by atoms with Gasteiger partial charge in [-0.2, -0.15) is 5.10 Å². The van der Waals surface area contributed by atoms with Crippen LogP contribution in [0, 0.1) is 6.92 Å². The van der Waals surface area contributed by atoms with E-state index in [0.717, 1.165) is 43.9 Å². The molecule has 1 aliphatic rings. The molecule has 0 radical (unpaired) electrons. The molecule has 0 N–H and O–H groups in total. The SMILES string of the molecule is COc1ccc([C@@H]2c3c(C)nn(-c4ccccc4)c3Oc3ncn4nc(-c5ccccc5Br)nc4c32)cc1. The molecule has 38 heavy (non-hydrogen) atoms. The first-order valence-electron chi connectivity index (χ1n) is 12.1. The number of rotatable bonds is 4. The lowest BCUT2D eigenvalue weighted by Crippen LogP contribution is -2.16. The molecule has 9 heteroatoms. The van der Waals surface area contributed by atoms with Gasteiger partial charge in [0.05, 0.1) is 35.5 Å². The molecular weight excluding hydrogens is 544 g/mol. The average Bonchev–Trinajstić information content (AvgIpc) is 3.54.